The molecule has 33 heavy (non-hydrogen) atoms. The second kappa shape index (κ2) is 23.8. The Labute approximate surface area is 210 Å². The van der Waals surface area contributed by atoms with Gasteiger partial charge in [0.25, 0.3) is 0 Å². The normalized spacial score (nSPS) is 13.2. The summed E-state index contributed by atoms with van der Waals surface area (Å²) in [6.45, 7) is 15.2. The largest absolute Gasteiger partial charge is 0.500 e. The topological polar surface area (TPSA) is 27.7 Å². The van der Waals surface area contributed by atoms with Gasteiger partial charge in [-0.1, -0.05) is 117 Å². The highest BCUT2D eigenvalue weighted by molar-refractivity contribution is 6.60. The van der Waals surface area contributed by atoms with E-state index in [2.05, 4.69) is 41.5 Å². The van der Waals surface area contributed by atoms with Crippen LogP contribution in [-0.2, 0) is 13.3 Å². The molecule has 0 radical (unpaired) electrons. The molecule has 0 spiro atoms. The van der Waals surface area contributed by atoms with Gasteiger partial charge in [0.15, 0.2) is 0 Å². The van der Waals surface area contributed by atoms with Gasteiger partial charge in [-0.3, -0.25) is 0 Å². The van der Waals surface area contributed by atoms with Crippen molar-refractivity contribution in [2.24, 2.45) is 11.8 Å². The number of hydrogen-bond donors (Lipinski definition) is 0. The first kappa shape index (κ1) is 33.1. The summed E-state index contributed by atoms with van der Waals surface area (Å²) in [5.74, 6) is 1.62. The first-order chi connectivity index (χ1) is 16.0. The molecule has 0 aliphatic carbocycles. The van der Waals surface area contributed by atoms with E-state index < -0.39 is 8.80 Å². The first-order valence-corrected chi connectivity index (χ1v) is 16.9. The second-order valence-corrected chi connectivity index (χ2v) is 13.1. The van der Waals surface area contributed by atoms with Crippen LogP contribution in [0.2, 0.25) is 6.04 Å². The van der Waals surface area contributed by atoms with Gasteiger partial charge in [0, 0.05) is 25.9 Å². The monoisotopic (exact) mass is 486 g/mol. The highest BCUT2D eigenvalue weighted by atomic mass is 28.4. The van der Waals surface area contributed by atoms with E-state index >= 15 is 0 Å². The summed E-state index contributed by atoms with van der Waals surface area (Å²) >= 11 is 0. The van der Waals surface area contributed by atoms with Crippen molar-refractivity contribution in [2.45, 2.75) is 157 Å². The molecular formula is C29H62O3Si. The van der Waals surface area contributed by atoms with E-state index in [1.807, 2.05) is 0 Å². The molecule has 0 aromatic heterocycles. The maximum absolute atomic E-state index is 6.05. The van der Waals surface area contributed by atoms with Crippen LogP contribution < -0.4 is 0 Å². The molecule has 3 nitrogen and oxygen atoms in total. The van der Waals surface area contributed by atoms with Crippen molar-refractivity contribution in [3.8, 4) is 0 Å². The molecule has 0 saturated heterocycles. The average molecular weight is 487 g/mol. The molecule has 1 atom stereocenters. The van der Waals surface area contributed by atoms with Gasteiger partial charge in [-0.2, -0.15) is 0 Å². The fourth-order valence-corrected chi connectivity index (χ4v) is 7.75. The van der Waals surface area contributed by atoms with E-state index in [0.29, 0.717) is 19.8 Å². The molecule has 0 aromatic carbocycles. The van der Waals surface area contributed by atoms with E-state index in [4.69, 9.17) is 13.3 Å². The Balaban J connectivity index is 4.02. The lowest BCUT2D eigenvalue weighted by molar-refractivity contribution is 0.0702. The molecule has 0 aliphatic heterocycles. The summed E-state index contributed by atoms with van der Waals surface area (Å²) in [5, 5.41) is 0. The van der Waals surface area contributed by atoms with Gasteiger partial charge >= 0.3 is 8.80 Å². The Hall–Kier alpha value is 0.0969. The number of rotatable bonds is 26. The SMILES string of the molecule is CCCCCCCCCCCCCCCC(CCC[Si](OCC)(OCC)OCC)CC(C)C. The van der Waals surface area contributed by atoms with Crippen LogP contribution in [-0.4, -0.2) is 28.6 Å². The third-order valence-corrected chi connectivity index (χ3v) is 9.86. The van der Waals surface area contributed by atoms with Crippen molar-refractivity contribution in [2.75, 3.05) is 19.8 Å². The van der Waals surface area contributed by atoms with Crippen LogP contribution in [0.25, 0.3) is 0 Å². The first-order valence-electron chi connectivity index (χ1n) is 14.9. The fourth-order valence-electron chi connectivity index (χ4n) is 5.11. The summed E-state index contributed by atoms with van der Waals surface area (Å²) in [5.41, 5.74) is 0. The van der Waals surface area contributed by atoms with Crippen molar-refractivity contribution in [1.29, 1.82) is 0 Å². The average Bonchev–Trinajstić information content (AvgIpc) is 2.77. The highest BCUT2D eigenvalue weighted by Crippen LogP contribution is 2.27. The van der Waals surface area contributed by atoms with Crippen LogP contribution in [0.4, 0.5) is 0 Å². The van der Waals surface area contributed by atoms with Crippen molar-refractivity contribution < 1.29 is 13.3 Å². The molecule has 0 heterocycles. The molecule has 0 rings (SSSR count). The second-order valence-electron chi connectivity index (χ2n) is 10.4. The van der Waals surface area contributed by atoms with Crippen LogP contribution >= 0.6 is 0 Å². The maximum Gasteiger partial charge on any atom is 0.500 e. The van der Waals surface area contributed by atoms with Crippen LogP contribution in [0, 0.1) is 11.8 Å². The minimum Gasteiger partial charge on any atom is -0.374 e. The van der Waals surface area contributed by atoms with E-state index in [-0.39, 0.29) is 0 Å². The summed E-state index contributed by atoms with van der Waals surface area (Å²) in [6.07, 6.45) is 23.9. The highest BCUT2D eigenvalue weighted by Gasteiger charge is 2.39. The molecule has 0 amide bonds. The zero-order chi connectivity index (χ0) is 24.6. The van der Waals surface area contributed by atoms with Gasteiger partial charge in [0.05, 0.1) is 0 Å². The third-order valence-electron chi connectivity index (χ3n) is 6.71. The molecule has 0 aliphatic rings. The lowest BCUT2D eigenvalue weighted by Gasteiger charge is -2.29. The zero-order valence-corrected chi connectivity index (χ0v) is 24.7. The Morgan fingerprint density at radius 2 is 0.909 bits per heavy atom. The van der Waals surface area contributed by atoms with E-state index in [9.17, 15) is 0 Å². The van der Waals surface area contributed by atoms with E-state index in [1.165, 1.54) is 109 Å². The van der Waals surface area contributed by atoms with Crippen LogP contribution in [0.1, 0.15) is 151 Å². The van der Waals surface area contributed by atoms with Crippen molar-refractivity contribution in [3.05, 3.63) is 0 Å². The quantitative estimate of drug-likeness (QED) is 0.0899. The summed E-state index contributed by atoms with van der Waals surface area (Å²) < 4.78 is 18.2. The lowest BCUT2D eigenvalue weighted by Crippen LogP contribution is -2.46. The molecule has 0 N–H and O–H groups in total. The molecule has 0 bridgehead atoms. The molecule has 1 unspecified atom stereocenters. The van der Waals surface area contributed by atoms with Crippen molar-refractivity contribution in [1.82, 2.24) is 0 Å². The predicted octanol–water partition coefficient (Wildman–Crippen LogP) is 9.96. The fraction of sp³-hybridized carbons (Fsp3) is 1.00. The van der Waals surface area contributed by atoms with Crippen molar-refractivity contribution >= 4 is 8.80 Å². The number of hydrogen-bond acceptors (Lipinski definition) is 3. The Bertz CT molecular complexity index is 372. The number of unbranched alkanes of at least 4 members (excludes halogenated alkanes) is 12. The zero-order valence-electron chi connectivity index (χ0n) is 23.7. The summed E-state index contributed by atoms with van der Waals surface area (Å²) in [6, 6.07) is 0.968. The molecule has 0 fully saturated rings. The van der Waals surface area contributed by atoms with Gasteiger partial charge in [0.2, 0.25) is 0 Å². The lowest BCUT2D eigenvalue weighted by atomic mass is 9.88. The molecule has 0 aromatic rings. The Morgan fingerprint density at radius 3 is 1.30 bits per heavy atom. The standard InChI is InChI=1S/C29H62O3Si/c1-7-11-12-13-14-15-16-17-18-19-20-21-22-24-29(27-28(5)6)25-23-26-33(30-8-2,31-9-3)32-10-4/h28-29H,7-27H2,1-6H3. The molecule has 4 heteroatoms. The van der Waals surface area contributed by atoms with Crippen LogP contribution in [0.5, 0.6) is 0 Å². The Morgan fingerprint density at radius 1 is 0.515 bits per heavy atom. The van der Waals surface area contributed by atoms with E-state index in [1.54, 1.807) is 0 Å². The Kier molecular flexibility index (Phi) is 23.9. The van der Waals surface area contributed by atoms with Gasteiger partial charge in [-0.15, -0.1) is 0 Å². The van der Waals surface area contributed by atoms with Crippen molar-refractivity contribution in [3.63, 3.8) is 0 Å². The predicted molar refractivity (Wildman–Crippen MR) is 148 cm³/mol. The third kappa shape index (κ3) is 20.0. The maximum atomic E-state index is 6.05. The van der Waals surface area contributed by atoms with Gasteiger partial charge < -0.3 is 13.3 Å². The molecule has 200 valence electrons. The molecule has 0 saturated carbocycles. The van der Waals surface area contributed by atoms with Crippen LogP contribution in [0.15, 0.2) is 0 Å². The minimum absolute atomic E-state index is 0.681. The van der Waals surface area contributed by atoms with Gasteiger partial charge in [0.1, 0.15) is 0 Å². The van der Waals surface area contributed by atoms with E-state index in [0.717, 1.165) is 17.9 Å². The van der Waals surface area contributed by atoms with Gasteiger partial charge in [-0.05, 0) is 45.4 Å². The smallest absolute Gasteiger partial charge is 0.374 e. The molecular weight excluding hydrogens is 424 g/mol. The van der Waals surface area contributed by atoms with Gasteiger partial charge in [-0.25, -0.2) is 0 Å². The minimum atomic E-state index is -2.47. The summed E-state index contributed by atoms with van der Waals surface area (Å²) in [4.78, 5) is 0. The summed E-state index contributed by atoms with van der Waals surface area (Å²) in [7, 11) is -2.47. The van der Waals surface area contributed by atoms with Crippen LogP contribution in [0.3, 0.4) is 0 Å².